The van der Waals surface area contributed by atoms with Gasteiger partial charge in [-0.2, -0.15) is 0 Å². The lowest BCUT2D eigenvalue weighted by Gasteiger charge is -2.41. The third-order valence-electron chi connectivity index (χ3n) is 4.43. The van der Waals surface area contributed by atoms with Gasteiger partial charge in [-0.3, -0.25) is 4.90 Å². The van der Waals surface area contributed by atoms with Crippen molar-refractivity contribution in [2.75, 3.05) is 19.7 Å². The van der Waals surface area contributed by atoms with Crippen molar-refractivity contribution in [1.29, 1.82) is 0 Å². The first-order valence-corrected chi connectivity index (χ1v) is 7.67. The zero-order chi connectivity index (χ0) is 15.0. The molecule has 0 bridgehead atoms. The number of benzene rings is 1. The van der Waals surface area contributed by atoms with Gasteiger partial charge in [-0.25, -0.2) is 0 Å². The van der Waals surface area contributed by atoms with E-state index in [4.69, 9.17) is 14.9 Å². The van der Waals surface area contributed by atoms with Crippen LogP contribution in [0.2, 0.25) is 0 Å². The molecule has 0 saturated carbocycles. The number of aryl methyl sites for hydroxylation is 1. The molecule has 3 unspecified atom stereocenters. The van der Waals surface area contributed by atoms with Crippen molar-refractivity contribution in [1.82, 2.24) is 4.90 Å². The van der Waals surface area contributed by atoms with Crippen molar-refractivity contribution in [3.05, 3.63) is 35.6 Å². The van der Waals surface area contributed by atoms with E-state index in [0.29, 0.717) is 12.6 Å². The molecule has 4 nitrogen and oxygen atoms in total. The molecule has 1 aliphatic rings. The van der Waals surface area contributed by atoms with Crippen LogP contribution in [0, 0.1) is 6.92 Å². The number of hydrogen-bond donors (Lipinski definition) is 1. The number of nitrogens with two attached hydrogens (primary N) is 1. The molecule has 3 rings (SSSR count). The highest BCUT2D eigenvalue weighted by Crippen LogP contribution is 2.35. The average Bonchev–Trinajstić information content (AvgIpc) is 2.80. The van der Waals surface area contributed by atoms with Gasteiger partial charge in [0, 0.05) is 30.1 Å². The van der Waals surface area contributed by atoms with Gasteiger partial charge in [-0.05, 0) is 26.8 Å². The summed E-state index contributed by atoms with van der Waals surface area (Å²) in [7, 11) is 0. The molecule has 21 heavy (non-hydrogen) atoms. The van der Waals surface area contributed by atoms with E-state index in [1.54, 1.807) is 0 Å². The van der Waals surface area contributed by atoms with Crippen molar-refractivity contribution in [3.8, 4) is 0 Å². The smallest absolute Gasteiger partial charge is 0.134 e. The molecule has 0 spiro atoms. The number of morpholine rings is 1. The van der Waals surface area contributed by atoms with Crippen LogP contribution in [0.4, 0.5) is 0 Å². The van der Waals surface area contributed by atoms with Gasteiger partial charge in [0.05, 0.1) is 18.8 Å². The van der Waals surface area contributed by atoms with Gasteiger partial charge in [0.15, 0.2) is 0 Å². The zero-order valence-electron chi connectivity index (χ0n) is 13.0. The van der Waals surface area contributed by atoms with Gasteiger partial charge in [-0.1, -0.05) is 18.2 Å². The van der Waals surface area contributed by atoms with Gasteiger partial charge >= 0.3 is 0 Å². The minimum absolute atomic E-state index is 0.176. The third kappa shape index (κ3) is 2.59. The third-order valence-corrected chi connectivity index (χ3v) is 4.43. The number of para-hydroxylation sites is 1. The molecular weight excluding hydrogens is 264 g/mol. The van der Waals surface area contributed by atoms with E-state index in [-0.39, 0.29) is 12.1 Å². The van der Waals surface area contributed by atoms with Gasteiger partial charge in [0.2, 0.25) is 0 Å². The zero-order valence-corrected chi connectivity index (χ0v) is 13.0. The molecule has 0 radical (unpaired) electrons. The van der Waals surface area contributed by atoms with Crippen LogP contribution in [-0.4, -0.2) is 36.7 Å². The highest BCUT2D eigenvalue weighted by molar-refractivity contribution is 5.82. The highest BCUT2D eigenvalue weighted by atomic mass is 16.5. The summed E-state index contributed by atoms with van der Waals surface area (Å²) in [4.78, 5) is 2.46. The largest absolute Gasteiger partial charge is 0.461 e. The van der Waals surface area contributed by atoms with E-state index in [0.717, 1.165) is 24.5 Å². The predicted molar refractivity (Wildman–Crippen MR) is 84.3 cm³/mol. The first-order valence-electron chi connectivity index (χ1n) is 7.67. The summed E-state index contributed by atoms with van der Waals surface area (Å²) in [6.45, 7) is 8.60. The van der Waals surface area contributed by atoms with E-state index in [2.05, 4.69) is 30.9 Å². The molecule has 1 aromatic carbocycles. The van der Waals surface area contributed by atoms with Crippen LogP contribution >= 0.6 is 0 Å². The second-order valence-electron chi connectivity index (χ2n) is 6.01. The molecule has 2 aromatic rings. The molecule has 3 atom stereocenters. The van der Waals surface area contributed by atoms with Gasteiger partial charge in [-0.15, -0.1) is 0 Å². The fourth-order valence-corrected chi connectivity index (χ4v) is 3.38. The summed E-state index contributed by atoms with van der Waals surface area (Å²) in [5.74, 6) is 0.970. The lowest BCUT2D eigenvalue weighted by Crippen LogP contribution is -2.50. The Hall–Kier alpha value is -1.36. The van der Waals surface area contributed by atoms with E-state index in [1.807, 2.05) is 19.1 Å². The van der Waals surface area contributed by atoms with Gasteiger partial charge in [0.25, 0.3) is 0 Å². The average molecular weight is 288 g/mol. The second-order valence-corrected chi connectivity index (χ2v) is 6.01. The topological polar surface area (TPSA) is 51.6 Å². The molecule has 1 saturated heterocycles. The van der Waals surface area contributed by atoms with E-state index < -0.39 is 0 Å². The fraction of sp³-hybridized carbons (Fsp3) is 0.529. The number of furan rings is 1. The van der Waals surface area contributed by atoms with Crippen molar-refractivity contribution in [3.63, 3.8) is 0 Å². The van der Waals surface area contributed by atoms with Crippen LogP contribution in [0.5, 0.6) is 0 Å². The molecule has 1 aliphatic heterocycles. The molecular formula is C17H24N2O2. The maximum atomic E-state index is 6.14. The Kier molecular flexibility index (Phi) is 4.02. The second kappa shape index (κ2) is 5.79. The minimum atomic E-state index is 0.176. The Labute approximate surface area is 125 Å². The molecule has 2 heterocycles. The SMILES string of the molecule is Cc1oc2ccccc2c1C(CN)N1CC(C)OCC1C. The summed E-state index contributed by atoms with van der Waals surface area (Å²) in [5.41, 5.74) is 8.31. The van der Waals surface area contributed by atoms with Crippen LogP contribution < -0.4 is 5.73 Å². The number of fused-ring (bicyclic) bond motifs is 1. The fourth-order valence-electron chi connectivity index (χ4n) is 3.38. The van der Waals surface area contributed by atoms with Crippen molar-refractivity contribution in [2.24, 2.45) is 5.73 Å². The summed E-state index contributed by atoms with van der Waals surface area (Å²) >= 11 is 0. The first-order chi connectivity index (χ1) is 10.1. The molecule has 1 fully saturated rings. The Balaban J connectivity index is 2.03. The van der Waals surface area contributed by atoms with Crippen LogP contribution in [0.25, 0.3) is 11.0 Å². The summed E-state index contributed by atoms with van der Waals surface area (Å²) in [6.07, 6.45) is 0.244. The van der Waals surface area contributed by atoms with E-state index >= 15 is 0 Å². The molecule has 2 N–H and O–H groups in total. The standard InChI is InChI=1S/C17H24N2O2/c1-11-10-20-12(2)9-19(11)15(8-18)17-13(3)21-16-7-5-4-6-14(16)17/h4-7,11-12,15H,8-10,18H2,1-3H3. The maximum Gasteiger partial charge on any atom is 0.134 e. The Morgan fingerprint density at radius 3 is 2.86 bits per heavy atom. The lowest BCUT2D eigenvalue weighted by atomic mass is 9.99. The van der Waals surface area contributed by atoms with Crippen LogP contribution in [-0.2, 0) is 4.74 Å². The number of rotatable bonds is 3. The summed E-state index contributed by atoms with van der Waals surface area (Å²) in [5, 5.41) is 1.18. The molecule has 0 aliphatic carbocycles. The van der Waals surface area contributed by atoms with E-state index in [9.17, 15) is 0 Å². The quantitative estimate of drug-likeness (QED) is 0.943. The van der Waals surface area contributed by atoms with Crippen LogP contribution in [0.3, 0.4) is 0 Å². The van der Waals surface area contributed by atoms with E-state index in [1.165, 1.54) is 10.9 Å². The number of nitrogens with zero attached hydrogens (tertiary/aromatic N) is 1. The maximum absolute atomic E-state index is 6.14. The first kappa shape index (κ1) is 14.6. The Bertz CT molecular complexity index is 622. The summed E-state index contributed by atoms with van der Waals surface area (Å²) in [6, 6.07) is 8.74. The van der Waals surface area contributed by atoms with Crippen molar-refractivity contribution >= 4 is 11.0 Å². The Morgan fingerprint density at radius 1 is 1.33 bits per heavy atom. The monoisotopic (exact) mass is 288 g/mol. The van der Waals surface area contributed by atoms with Crippen LogP contribution in [0.1, 0.15) is 31.2 Å². The van der Waals surface area contributed by atoms with Gasteiger partial charge < -0.3 is 14.9 Å². The normalized spacial score (nSPS) is 25.3. The molecule has 0 amide bonds. The molecule has 114 valence electrons. The number of hydrogen-bond acceptors (Lipinski definition) is 4. The van der Waals surface area contributed by atoms with Gasteiger partial charge in [0.1, 0.15) is 11.3 Å². The lowest BCUT2D eigenvalue weighted by molar-refractivity contribution is -0.0653. The van der Waals surface area contributed by atoms with Crippen molar-refractivity contribution < 1.29 is 9.15 Å². The number of ether oxygens (including phenoxy) is 1. The van der Waals surface area contributed by atoms with Crippen molar-refractivity contribution in [2.45, 2.75) is 39.0 Å². The molecule has 4 heteroatoms. The Morgan fingerprint density at radius 2 is 2.10 bits per heavy atom. The predicted octanol–water partition coefficient (Wildman–Crippen LogP) is 2.85. The molecule has 1 aromatic heterocycles. The minimum Gasteiger partial charge on any atom is -0.461 e. The highest BCUT2D eigenvalue weighted by Gasteiger charge is 2.32. The van der Waals surface area contributed by atoms with Crippen LogP contribution in [0.15, 0.2) is 28.7 Å². The summed E-state index contributed by atoms with van der Waals surface area (Å²) < 4.78 is 11.7.